The zero-order chi connectivity index (χ0) is 15.8. The summed E-state index contributed by atoms with van der Waals surface area (Å²) in [5, 5.41) is 0. The number of hydrogen-bond acceptors (Lipinski definition) is 3. The third kappa shape index (κ3) is 5.26. The van der Waals surface area contributed by atoms with Crippen molar-refractivity contribution >= 4 is 21.9 Å². The van der Waals surface area contributed by atoms with Crippen molar-refractivity contribution in [2.75, 3.05) is 0 Å². The van der Waals surface area contributed by atoms with Crippen LogP contribution in [0.2, 0.25) is 0 Å². The van der Waals surface area contributed by atoms with Crippen molar-refractivity contribution in [2.24, 2.45) is 0 Å². The van der Waals surface area contributed by atoms with Crippen LogP contribution in [0.1, 0.15) is 48.5 Å². The first-order valence-corrected chi connectivity index (χ1v) is 8.40. The fourth-order valence-electron chi connectivity index (χ4n) is 2.17. The summed E-state index contributed by atoms with van der Waals surface area (Å²) in [5.41, 5.74) is 1.71. The minimum atomic E-state index is -0.399. The molecule has 0 aliphatic rings. The molecule has 0 bridgehead atoms. The van der Waals surface area contributed by atoms with Gasteiger partial charge in [0.1, 0.15) is 5.75 Å². The van der Waals surface area contributed by atoms with Crippen molar-refractivity contribution in [3.63, 3.8) is 0 Å². The fraction of sp³-hybridized carbons (Fsp3) is 0.333. The maximum Gasteiger partial charge on any atom is 0.345 e. The number of halogens is 1. The second-order valence-electron chi connectivity index (χ2n) is 5.24. The van der Waals surface area contributed by atoms with Gasteiger partial charge in [0.2, 0.25) is 0 Å². The van der Waals surface area contributed by atoms with Gasteiger partial charge in [-0.05, 0) is 52.5 Å². The maximum atomic E-state index is 12.0. The predicted molar refractivity (Wildman–Crippen MR) is 91.2 cm³/mol. The number of benzene rings is 1. The summed E-state index contributed by atoms with van der Waals surface area (Å²) in [6.07, 6.45) is 9.21. The van der Waals surface area contributed by atoms with Gasteiger partial charge in [-0.3, -0.25) is 4.98 Å². The van der Waals surface area contributed by atoms with Crippen molar-refractivity contribution in [1.29, 1.82) is 0 Å². The molecule has 0 aliphatic heterocycles. The Bertz CT molecular complexity index is 611. The number of rotatable bonds is 7. The van der Waals surface area contributed by atoms with Gasteiger partial charge in [-0.1, -0.05) is 38.3 Å². The highest BCUT2D eigenvalue weighted by molar-refractivity contribution is 9.10. The van der Waals surface area contributed by atoms with E-state index in [1.54, 1.807) is 12.3 Å². The molecule has 1 aromatic heterocycles. The van der Waals surface area contributed by atoms with Crippen LogP contribution in [0.25, 0.3) is 0 Å². The number of carbonyl (C=O) groups is 1. The Morgan fingerprint density at radius 2 is 1.91 bits per heavy atom. The zero-order valence-corrected chi connectivity index (χ0v) is 14.3. The lowest BCUT2D eigenvalue weighted by atomic mass is 10.1. The smallest absolute Gasteiger partial charge is 0.345 e. The monoisotopic (exact) mass is 361 g/mol. The first-order chi connectivity index (χ1) is 10.7. The highest BCUT2D eigenvalue weighted by Gasteiger charge is 2.09. The Hall–Kier alpha value is -1.68. The molecule has 4 heteroatoms. The molecule has 0 radical (unpaired) electrons. The molecule has 22 heavy (non-hydrogen) atoms. The third-order valence-corrected chi connectivity index (χ3v) is 3.83. The molecule has 0 N–H and O–H groups in total. The van der Waals surface area contributed by atoms with E-state index in [1.165, 1.54) is 37.4 Å². The van der Waals surface area contributed by atoms with Gasteiger partial charge in [0.05, 0.1) is 5.56 Å². The van der Waals surface area contributed by atoms with Gasteiger partial charge in [0.25, 0.3) is 0 Å². The van der Waals surface area contributed by atoms with Gasteiger partial charge in [-0.15, -0.1) is 0 Å². The molecule has 1 aromatic carbocycles. The Balaban J connectivity index is 1.89. The molecule has 1 heterocycles. The van der Waals surface area contributed by atoms with Crippen LogP contribution in [0.15, 0.2) is 47.2 Å². The van der Waals surface area contributed by atoms with E-state index in [-0.39, 0.29) is 0 Å². The molecule has 2 rings (SSSR count). The molecule has 0 amide bonds. The molecule has 0 unspecified atom stereocenters. The molecule has 3 nitrogen and oxygen atoms in total. The van der Waals surface area contributed by atoms with Crippen LogP contribution in [0.4, 0.5) is 0 Å². The molecular weight excluding hydrogens is 342 g/mol. The van der Waals surface area contributed by atoms with Gasteiger partial charge in [-0.25, -0.2) is 4.79 Å². The Labute approximate surface area is 139 Å². The van der Waals surface area contributed by atoms with E-state index in [0.29, 0.717) is 11.3 Å². The molecule has 0 spiro atoms. The Morgan fingerprint density at radius 3 is 2.59 bits per heavy atom. The van der Waals surface area contributed by atoms with Gasteiger partial charge >= 0.3 is 5.97 Å². The minimum absolute atomic E-state index is 0.399. The largest absolute Gasteiger partial charge is 0.423 e. The Kier molecular flexibility index (Phi) is 6.59. The predicted octanol–water partition coefficient (Wildman–Crippen LogP) is 5.19. The van der Waals surface area contributed by atoms with E-state index in [9.17, 15) is 4.79 Å². The molecule has 2 aromatic rings. The molecule has 0 saturated carbocycles. The molecule has 0 saturated heterocycles. The molecular formula is C18H20BrNO2. The van der Waals surface area contributed by atoms with Crippen LogP contribution in [0.5, 0.6) is 5.75 Å². The maximum absolute atomic E-state index is 12.0. The number of unbranched alkanes of at least 4 members (excludes halogenated alkanes) is 3. The van der Waals surface area contributed by atoms with Crippen molar-refractivity contribution < 1.29 is 9.53 Å². The average Bonchev–Trinajstić information content (AvgIpc) is 2.53. The number of pyridine rings is 1. The average molecular weight is 362 g/mol. The van der Waals surface area contributed by atoms with Crippen molar-refractivity contribution in [3.05, 3.63) is 58.3 Å². The van der Waals surface area contributed by atoms with Crippen molar-refractivity contribution in [1.82, 2.24) is 4.98 Å². The number of aromatic nitrogens is 1. The summed E-state index contributed by atoms with van der Waals surface area (Å²) >= 11 is 3.29. The number of hydrogen-bond donors (Lipinski definition) is 0. The van der Waals surface area contributed by atoms with Gasteiger partial charge < -0.3 is 4.74 Å². The minimum Gasteiger partial charge on any atom is -0.423 e. The first kappa shape index (κ1) is 16.7. The van der Waals surface area contributed by atoms with E-state index in [4.69, 9.17) is 4.74 Å². The van der Waals surface area contributed by atoms with Crippen molar-refractivity contribution in [3.8, 4) is 5.75 Å². The summed E-state index contributed by atoms with van der Waals surface area (Å²) in [4.78, 5) is 16.0. The lowest BCUT2D eigenvalue weighted by Crippen LogP contribution is -2.08. The highest BCUT2D eigenvalue weighted by Crippen LogP contribution is 2.17. The number of esters is 1. The van der Waals surface area contributed by atoms with E-state index < -0.39 is 5.97 Å². The molecule has 116 valence electrons. The van der Waals surface area contributed by atoms with E-state index in [2.05, 4.69) is 27.8 Å². The normalized spacial score (nSPS) is 10.5. The number of nitrogens with zero attached hydrogens (tertiary/aromatic N) is 1. The topological polar surface area (TPSA) is 39.2 Å². The van der Waals surface area contributed by atoms with E-state index in [0.717, 1.165) is 10.9 Å². The molecule has 0 atom stereocenters. The summed E-state index contributed by atoms with van der Waals surface area (Å²) < 4.78 is 6.11. The van der Waals surface area contributed by atoms with Crippen LogP contribution < -0.4 is 4.74 Å². The van der Waals surface area contributed by atoms with Crippen LogP contribution in [-0.4, -0.2) is 11.0 Å². The van der Waals surface area contributed by atoms with E-state index >= 15 is 0 Å². The first-order valence-electron chi connectivity index (χ1n) is 7.60. The highest BCUT2D eigenvalue weighted by atomic mass is 79.9. The lowest BCUT2D eigenvalue weighted by molar-refractivity contribution is 0.0734. The second-order valence-corrected chi connectivity index (χ2v) is 6.15. The van der Waals surface area contributed by atoms with Gasteiger partial charge in [0, 0.05) is 16.9 Å². The summed E-state index contributed by atoms with van der Waals surface area (Å²) in [7, 11) is 0. The van der Waals surface area contributed by atoms with Gasteiger partial charge in [0.15, 0.2) is 0 Å². The zero-order valence-electron chi connectivity index (χ0n) is 12.7. The third-order valence-electron chi connectivity index (χ3n) is 3.39. The number of ether oxygens (including phenoxy) is 1. The summed E-state index contributed by atoms with van der Waals surface area (Å²) in [5.74, 6) is 0.159. The number of carbonyl (C=O) groups excluding carboxylic acids is 1. The molecule has 0 aliphatic carbocycles. The number of aryl methyl sites for hydroxylation is 1. The standard InChI is InChI=1S/C18H20BrNO2/c1-2-3-4-5-6-14-7-9-17(10-8-14)22-18(21)15-11-16(19)13-20-12-15/h7-13H,2-6H2,1H3. The SMILES string of the molecule is CCCCCCc1ccc(OC(=O)c2cncc(Br)c2)cc1. The van der Waals surface area contributed by atoms with Crippen LogP contribution in [-0.2, 0) is 6.42 Å². The van der Waals surface area contributed by atoms with Crippen LogP contribution >= 0.6 is 15.9 Å². The lowest BCUT2D eigenvalue weighted by Gasteiger charge is -2.06. The van der Waals surface area contributed by atoms with Crippen molar-refractivity contribution in [2.45, 2.75) is 39.0 Å². The quantitative estimate of drug-likeness (QED) is 0.387. The fourth-order valence-corrected chi connectivity index (χ4v) is 2.53. The summed E-state index contributed by atoms with van der Waals surface area (Å²) in [6, 6.07) is 9.43. The van der Waals surface area contributed by atoms with Gasteiger partial charge in [-0.2, -0.15) is 0 Å². The van der Waals surface area contributed by atoms with Crippen LogP contribution in [0.3, 0.4) is 0 Å². The van der Waals surface area contributed by atoms with E-state index in [1.807, 2.05) is 24.3 Å². The summed E-state index contributed by atoms with van der Waals surface area (Å²) in [6.45, 7) is 2.21. The molecule has 0 fully saturated rings. The Morgan fingerprint density at radius 1 is 1.14 bits per heavy atom. The second kappa shape index (κ2) is 8.69. The van der Waals surface area contributed by atoms with Crippen LogP contribution in [0, 0.1) is 0 Å².